The van der Waals surface area contributed by atoms with Gasteiger partial charge in [-0.25, -0.2) is 0 Å². The topological polar surface area (TPSA) is 94.1 Å². The van der Waals surface area contributed by atoms with Gasteiger partial charge in [0.25, 0.3) is 5.91 Å². The number of aliphatic hydroxyl groups is 1. The van der Waals surface area contributed by atoms with Gasteiger partial charge in [-0.3, -0.25) is 14.9 Å². The van der Waals surface area contributed by atoms with Gasteiger partial charge >= 0.3 is 6.18 Å². The molecule has 0 spiro atoms. The molecule has 1 saturated heterocycles. The maximum Gasteiger partial charge on any atom is 0.435 e. The Labute approximate surface area is 195 Å². The van der Waals surface area contributed by atoms with E-state index in [1.165, 1.54) is 11.9 Å². The summed E-state index contributed by atoms with van der Waals surface area (Å²) in [7, 11) is 1.53. The highest BCUT2D eigenvalue weighted by Crippen LogP contribution is 2.28. The fourth-order valence-electron chi connectivity index (χ4n) is 4.25. The van der Waals surface area contributed by atoms with Crippen LogP contribution in [0.15, 0.2) is 54.9 Å². The average Bonchev–Trinajstić information content (AvgIpc) is 3.49. The van der Waals surface area contributed by atoms with Crippen LogP contribution >= 0.6 is 0 Å². The van der Waals surface area contributed by atoms with Crippen molar-refractivity contribution < 1.29 is 23.1 Å². The second-order valence-electron chi connectivity index (χ2n) is 8.62. The largest absolute Gasteiger partial charge is 0.435 e. The van der Waals surface area contributed by atoms with Gasteiger partial charge in [-0.2, -0.15) is 18.3 Å². The van der Waals surface area contributed by atoms with Crippen LogP contribution in [0.4, 0.5) is 13.2 Å². The van der Waals surface area contributed by atoms with E-state index in [2.05, 4.69) is 20.5 Å². The minimum Gasteiger partial charge on any atom is -0.387 e. The predicted molar refractivity (Wildman–Crippen MR) is 119 cm³/mol. The number of nitrogens with one attached hydrogen (secondary N) is 2. The summed E-state index contributed by atoms with van der Waals surface area (Å²) >= 11 is 0. The quantitative estimate of drug-likeness (QED) is 0.489. The van der Waals surface area contributed by atoms with Crippen molar-refractivity contribution in [2.75, 3.05) is 7.05 Å². The fraction of sp³-hybridized carbons (Fsp3) is 0.375. The molecule has 0 aliphatic carbocycles. The number of aliphatic hydroxyl groups excluding tert-OH is 1. The van der Waals surface area contributed by atoms with E-state index < -0.39 is 18.0 Å². The monoisotopic (exact) mass is 473 g/mol. The van der Waals surface area contributed by atoms with Gasteiger partial charge in [0.05, 0.1) is 18.3 Å². The lowest BCUT2D eigenvalue weighted by Crippen LogP contribution is -2.35. The second kappa shape index (κ2) is 9.94. The third-order valence-electron chi connectivity index (χ3n) is 6.04. The summed E-state index contributed by atoms with van der Waals surface area (Å²) in [5.74, 6) is -0.298. The van der Waals surface area contributed by atoms with Crippen molar-refractivity contribution in [3.63, 3.8) is 0 Å². The van der Waals surface area contributed by atoms with E-state index in [9.17, 15) is 23.1 Å². The molecule has 2 aromatic heterocycles. The molecule has 3 heterocycles. The summed E-state index contributed by atoms with van der Waals surface area (Å²) in [6.07, 6.45) is 0.743. The number of nitrogens with zero attached hydrogens (tertiary/aromatic N) is 3. The molecular formula is C24H26F3N5O2. The zero-order valence-corrected chi connectivity index (χ0v) is 18.6. The molecule has 180 valence electrons. The number of H-pyrrole nitrogens is 1. The predicted octanol–water partition coefficient (Wildman–Crippen LogP) is 3.49. The van der Waals surface area contributed by atoms with Gasteiger partial charge < -0.3 is 15.3 Å². The molecule has 4 rings (SSSR count). The summed E-state index contributed by atoms with van der Waals surface area (Å²) in [4.78, 5) is 18.1. The lowest BCUT2D eigenvalue weighted by Gasteiger charge is -2.20. The lowest BCUT2D eigenvalue weighted by atomic mass is 10.0. The van der Waals surface area contributed by atoms with Crippen LogP contribution in [0.25, 0.3) is 0 Å². The van der Waals surface area contributed by atoms with E-state index >= 15 is 0 Å². The SMILES string of the molecule is CN(Cc1cc(C(F)(F)F)n[nH]1)C(=O)c1ccc(C[C@@H]2CC[C@H](C(O)c3cccnc3)N2)cc1. The van der Waals surface area contributed by atoms with Crippen molar-refractivity contribution in [2.45, 2.75) is 50.2 Å². The molecule has 7 nitrogen and oxygen atoms in total. The summed E-state index contributed by atoms with van der Waals surface area (Å²) in [5, 5.41) is 19.7. The molecule has 0 bridgehead atoms. The number of aromatic amines is 1. The van der Waals surface area contributed by atoms with E-state index in [0.717, 1.165) is 36.5 Å². The van der Waals surface area contributed by atoms with Gasteiger partial charge in [0.1, 0.15) is 0 Å². The average molecular weight is 473 g/mol. The molecule has 3 aromatic rings. The maximum atomic E-state index is 12.7. The van der Waals surface area contributed by atoms with Gasteiger partial charge in [-0.15, -0.1) is 0 Å². The van der Waals surface area contributed by atoms with Crippen molar-refractivity contribution >= 4 is 5.91 Å². The molecule has 1 aliphatic heterocycles. The molecule has 1 amide bonds. The first kappa shape index (κ1) is 23.9. The summed E-state index contributed by atoms with van der Waals surface area (Å²) in [6.45, 7) is -0.0176. The first-order chi connectivity index (χ1) is 16.2. The number of benzene rings is 1. The van der Waals surface area contributed by atoms with Gasteiger partial charge in [-0.1, -0.05) is 18.2 Å². The van der Waals surface area contributed by atoms with Gasteiger partial charge in [-0.05, 0) is 49.1 Å². The molecule has 1 unspecified atom stereocenters. The van der Waals surface area contributed by atoms with E-state index in [1.807, 2.05) is 18.2 Å². The molecule has 0 radical (unpaired) electrons. The highest BCUT2D eigenvalue weighted by atomic mass is 19.4. The number of carbonyl (C=O) groups excluding carboxylic acids is 1. The van der Waals surface area contributed by atoms with Crippen molar-refractivity contribution in [3.8, 4) is 0 Å². The number of amides is 1. The number of pyridine rings is 1. The van der Waals surface area contributed by atoms with Crippen LogP contribution in [-0.4, -0.2) is 50.2 Å². The van der Waals surface area contributed by atoms with E-state index in [0.29, 0.717) is 5.56 Å². The Morgan fingerprint density at radius 1 is 1.24 bits per heavy atom. The van der Waals surface area contributed by atoms with E-state index in [1.54, 1.807) is 30.6 Å². The highest BCUT2D eigenvalue weighted by molar-refractivity contribution is 5.94. The van der Waals surface area contributed by atoms with Crippen LogP contribution in [0.5, 0.6) is 0 Å². The Kier molecular flexibility index (Phi) is 6.99. The molecule has 1 aromatic carbocycles. The zero-order chi connectivity index (χ0) is 24.3. The molecule has 3 N–H and O–H groups in total. The van der Waals surface area contributed by atoms with Crippen LogP contribution in [0, 0.1) is 0 Å². The first-order valence-corrected chi connectivity index (χ1v) is 11.0. The standard InChI is InChI=1S/C24H26F3N5O2/c1-32(14-19-12-21(31-30-19)24(25,26)27)23(34)16-6-4-15(5-7-16)11-18-8-9-20(29-18)22(33)17-3-2-10-28-13-17/h2-7,10,12-13,18,20,22,29,33H,8-9,11,14H2,1H3,(H,30,31)/t18-,20+,22?/m0/s1. The number of hydrogen-bond donors (Lipinski definition) is 3. The number of carbonyl (C=O) groups is 1. The molecule has 1 aliphatic rings. The van der Waals surface area contributed by atoms with E-state index in [4.69, 9.17) is 0 Å². The van der Waals surface area contributed by atoms with Crippen LogP contribution in [-0.2, 0) is 19.1 Å². The summed E-state index contributed by atoms with van der Waals surface area (Å²) in [6, 6.07) is 11.9. The second-order valence-corrected chi connectivity index (χ2v) is 8.62. The van der Waals surface area contributed by atoms with Crippen molar-refractivity contribution in [3.05, 3.63) is 82.9 Å². The van der Waals surface area contributed by atoms with Gasteiger partial charge in [0.2, 0.25) is 0 Å². The maximum absolute atomic E-state index is 12.7. The number of hydrogen-bond acceptors (Lipinski definition) is 5. The van der Waals surface area contributed by atoms with Crippen molar-refractivity contribution in [2.24, 2.45) is 0 Å². The number of alkyl halides is 3. The van der Waals surface area contributed by atoms with Crippen LogP contribution in [0.3, 0.4) is 0 Å². The van der Waals surface area contributed by atoms with Crippen molar-refractivity contribution in [1.29, 1.82) is 0 Å². The fourth-order valence-corrected chi connectivity index (χ4v) is 4.25. The first-order valence-electron chi connectivity index (χ1n) is 11.0. The van der Waals surface area contributed by atoms with Crippen LogP contribution in [0.2, 0.25) is 0 Å². The summed E-state index contributed by atoms with van der Waals surface area (Å²) < 4.78 is 38.1. The third kappa shape index (κ3) is 5.63. The third-order valence-corrected chi connectivity index (χ3v) is 6.04. The highest BCUT2D eigenvalue weighted by Gasteiger charge is 2.34. The smallest absolute Gasteiger partial charge is 0.387 e. The molecule has 0 saturated carbocycles. The Bertz CT molecular complexity index is 1100. The zero-order valence-electron chi connectivity index (χ0n) is 18.6. The van der Waals surface area contributed by atoms with Gasteiger partial charge in [0, 0.05) is 42.7 Å². The normalized spacial score (nSPS) is 19.2. The number of halogens is 3. The lowest BCUT2D eigenvalue weighted by molar-refractivity contribution is -0.141. The van der Waals surface area contributed by atoms with Crippen LogP contribution < -0.4 is 5.32 Å². The van der Waals surface area contributed by atoms with Crippen molar-refractivity contribution in [1.82, 2.24) is 25.4 Å². The Morgan fingerprint density at radius 2 is 2.00 bits per heavy atom. The molecular weight excluding hydrogens is 447 g/mol. The molecule has 10 heteroatoms. The summed E-state index contributed by atoms with van der Waals surface area (Å²) in [5.41, 5.74) is 1.48. The number of rotatable bonds is 7. The number of aromatic nitrogens is 3. The molecule has 1 fully saturated rings. The Hall–Kier alpha value is -3.24. The Balaban J connectivity index is 1.30. The van der Waals surface area contributed by atoms with Crippen LogP contribution in [0.1, 0.15) is 51.8 Å². The minimum atomic E-state index is -4.53. The minimum absolute atomic E-state index is 0.0176. The molecule has 34 heavy (non-hydrogen) atoms. The van der Waals surface area contributed by atoms with Gasteiger partial charge in [0.15, 0.2) is 5.69 Å². The molecule has 3 atom stereocenters. The van der Waals surface area contributed by atoms with E-state index in [-0.39, 0.29) is 30.2 Å². The Morgan fingerprint density at radius 3 is 2.65 bits per heavy atom.